The van der Waals surface area contributed by atoms with Crippen LogP contribution in [0.1, 0.15) is 35.5 Å². The van der Waals surface area contributed by atoms with Gasteiger partial charge in [-0.05, 0) is 37.3 Å². The first-order valence-corrected chi connectivity index (χ1v) is 10.6. The van der Waals surface area contributed by atoms with Crippen LogP contribution in [0.3, 0.4) is 0 Å². The Balaban J connectivity index is 1.26. The number of halogens is 3. The van der Waals surface area contributed by atoms with E-state index >= 15 is 0 Å². The Morgan fingerprint density at radius 2 is 2.06 bits per heavy atom. The van der Waals surface area contributed by atoms with Crippen molar-refractivity contribution < 1.29 is 22.6 Å². The molecule has 1 N–H and O–H groups in total. The van der Waals surface area contributed by atoms with E-state index in [1.807, 2.05) is 16.9 Å². The number of alkyl halides is 3. The first kappa shape index (κ1) is 22.3. The van der Waals surface area contributed by atoms with Gasteiger partial charge in [-0.2, -0.15) is 23.4 Å². The lowest BCUT2D eigenvalue weighted by atomic mass is 10.1. The van der Waals surface area contributed by atoms with Crippen LogP contribution in [0.5, 0.6) is 5.75 Å². The first-order chi connectivity index (χ1) is 15.4. The van der Waals surface area contributed by atoms with E-state index in [-0.39, 0.29) is 6.10 Å². The highest BCUT2D eigenvalue weighted by Crippen LogP contribution is 2.30. The third-order valence-electron chi connectivity index (χ3n) is 5.37. The Morgan fingerprint density at radius 1 is 1.25 bits per heavy atom. The number of ether oxygens (including phenoxy) is 2. The number of nitrogens with zero attached hydrogens (tertiary/aromatic N) is 4. The number of nitrogens with one attached hydrogen (secondary N) is 1. The molecule has 1 aliphatic heterocycles. The number of aromatic amines is 1. The van der Waals surface area contributed by atoms with Gasteiger partial charge in [0.15, 0.2) is 0 Å². The second-order valence-corrected chi connectivity index (χ2v) is 7.74. The molecule has 0 aliphatic carbocycles. The number of aryl methyl sites for hydroxylation is 1. The molecule has 3 heterocycles. The standard InChI is InChI=1S/C22H26F3N5O2/c1-2-30-14-16(12-26-30)13-29-8-10-32-21(15-29)20-11-18(27-28-20)7-9-31-19-5-3-17(4-6-19)22(23,24)25/h3-6,11-12,14,21H,2,7-10,13,15H2,1H3,(H,27,28)/t21-/m0/s1. The largest absolute Gasteiger partial charge is 0.493 e. The van der Waals surface area contributed by atoms with Crippen molar-refractivity contribution in [3.05, 3.63) is 65.2 Å². The molecule has 0 spiro atoms. The predicted octanol–water partition coefficient (Wildman–Crippen LogP) is 3.84. The van der Waals surface area contributed by atoms with Crippen LogP contribution in [0, 0.1) is 0 Å². The lowest BCUT2D eigenvalue weighted by Gasteiger charge is -2.31. The zero-order chi connectivity index (χ0) is 22.6. The quantitative estimate of drug-likeness (QED) is 0.566. The lowest BCUT2D eigenvalue weighted by Crippen LogP contribution is -2.37. The minimum Gasteiger partial charge on any atom is -0.493 e. The van der Waals surface area contributed by atoms with E-state index < -0.39 is 11.7 Å². The second-order valence-electron chi connectivity index (χ2n) is 7.74. The van der Waals surface area contributed by atoms with Crippen molar-refractivity contribution in [3.8, 4) is 5.75 Å². The molecule has 1 atom stereocenters. The van der Waals surface area contributed by atoms with Crippen LogP contribution in [0.15, 0.2) is 42.7 Å². The Hall–Kier alpha value is -2.85. The number of morpholine rings is 1. The Bertz CT molecular complexity index is 1000. The smallest absolute Gasteiger partial charge is 0.416 e. The van der Waals surface area contributed by atoms with Crippen LogP contribution < -0.4 is 4.74 Å². The van der Waals surface area contributed by atoms with Crippen molar-refractivity contribution in [2.75, 3.05) is 26.3 Å². The van der Waals surface area contributed by atoms with E-state index in [1.165, 1.54) is 17.7 Å². The maximum absolute atomic E-state index is 12.6. The monoisotopic (exact) mass is 449 g/mol. The number of rotatable bonds is 8. The van der Waals surface area contributed by atoms with Crippen LogP contribution >= 0.6 is 0 Å². The molecule has 0 bridgehead atoms. The van der Waals surface area contributed by atoms with Crippen molar-refractivity contribution >= 4 is 0 Å². The summed E-state index contributed by atoms with van der Waals surface area (Å²) in [6.45, 7) is 6.28. The van der Waals surface area contributed by atoms with Gasteiger partial charge in [0.05, 0.1) is 30.7 Å². The predicted molar refractivity (Wildman–Crippen MR) is 111 cm³/mol. The summed E-state index contributed by atoms with van der Waals surface area (Å²) in [6.07, 6.45) is 0.0518. The molecule has 0 unspecified atom stereocenters. The number of H-pyrrole nitrogens is 1. The summed E-state index contributed by atoms with van der Waals surface area (Å²) in [6, 6.07) is 6.65. The zero-order valence-corrected chi connectivity index (χ0v) is 17.8. The van der Waals surface area contributed by atoms with Crippen LogP contribution in [0.4, 0.5) is 13.2 Å². The summed E-state index contributed by atoms with van der Waals surface area (Å²) in [4.78, 5) is 2.33. The topological polar surface area (TPSA) is 68.2 Å². The van der Waals surface area contributed by atoms with E-state index in [0.29, 0.717) is 25.4 Å². The highest BCUT2D eigenvalue weighted by Gasteiger charge is 2.30. The number of aromatic nitrogens is 4. The van der Waals surface area contributed by atoms with Gasteiger partial charge in [0.25, 0.3) is 0 Å². The molecular formula is C22H26F3N5O2. The van der Waals surface area contributed by atoms with Gasteiger partial charge in [-0.15, -0.1) is 0 Å². The number of benzene rings is 1. The summed E-state index contributed by atoms with van der Waals surface area (Å²) in [5, 5.41) is 11.7. The molecule has 2 aromatic heterocycles. The van der Waals surface area contributed by atoms with Crippen molar-refractivity contribution in [2.45, 2.75) is 38.7 Å². The fraction of sp³-hybridized carbons (Fsp3) is 0.455. The van der Waals surface area contributed by atoms with Gasteiger partial charge in [-0.25, -0.2) is 0 Å². The minimum atomic E-state index is -4.35. The molecule has 0 amide bonds. The van der Waals surface area contributed by atoms with Gasteiger partial charge in [-0.3, -0.25) is 14.7 Å². The van der Waals surface area contributed by atoms with Crippen molar-refractivity contribution in [3.63, 3.8) is 0 Å². The van der Waals surface area contributed by atoms with Gasteiger partial charge in [0, 0.05) is 50.1 Å². The fourth-order valence-corrected chi connectivity index (χ4v) is 3.64. The average molecular weight is 449 g/mol. The minimum absolute atomic E-state index is 0.120. The van der Waals surface area contributed by atoms with Crippen LogP contribution in [-0.4, -0.2) is 51.2 Å². The highest BCUT2D eigenvalue weighted by atomic mass is 19.4. The summed E-state index contributed by atoms with van der Waals surface area (Å²) in [7, 11) is 0. The van der Waals surface area contributed by atoms with Crippen molar-refractivity contribution in [1.29, 1.82) is 0 Å². The van der Waals surface area contributed by atoms with Crippen molar-refractivity contribution in [2.24, 2.45) is 0 Å². The van der Waals surface area contributed by atoms with Crippen molar-refractivity contribution in [1.82, 2.24) is 24.9 Å². The van der Waals surface area contributed by atoms with E-state index in [9.17, 15) is 13.2 Å². The normalized spacial score (nSPS) is 17.6. The van der Waals surface area contributed by atoms with Gasteiger partial charge in [0.1, 0.15) is 11.9 Å². The van der Waals surface area contributed by atoms with Crippen LogP contribution in [-0.2, 0) is 30.4 Å². The van der Waals surface area contributed by atoms with Crippen LogP contribution in [0.25, 0.3) is 0 Å². The van der Waals surface area contributed by atoms with E-state index in [4.69, 9.17) is 9.47 Å². The molecule has 172 valence electrons. The van der Waals surface area contributed by atoms with Crippen LogP contribution in [0.2, 0.25) is 0 Å². The Kier molecular flexibility index (Phi) is 6.80. The molecular weight excluding hydrogens is 423 g/mol. The molecule has 10 heteroatoms. The Labute approximate surface area is 184 Å². The van der Waals surface area contributed by atoms with Gasteiger partial charge in [-0.1, -0.05) is 0 Å². The maximum Gasteiger partial charge on any atom is 0.416 e. The summed E-state index contributed by atoms with van der Waals surface area (Å²) in [5.41, 5.74) is 2.21. The highest BCUT2D eigenvalue weighted by molar-refractivity contribution is 5.28. The van der Waals surface area contributed by atoms with Gasteiger partial charge >= 0.3 is 6.18 Å². The third-order valence-corrected chi connectivity index (χ3v) is 5.37. The van der Waals surface area contributed by atoms with Gasteiger partial charge < -0.3 is 9.47 Å². The number of hydrogen-bond donors (Lipinski definition) is 1. The summed E-state index contributed by atoms with van der Waals surface area (Å²) < 4.78 is 51.3. The van der Waals surface area contributed by atoms with E-state index in [0.717, 1.165) is 49.7 Å². The SMILES string of the molecule is CCn1cc(CN2CCO[C@H](c3cc(CCOc4ccc(C(F)(F)F)cc4)[nH]n3)C2)cn1. The lowest BCUT2D eigenvalue weighted by molar-refractivity contribution is -0.137. The molecule has 0 radical (unpaired) electrons. The van der Waals surface area contributed by atoms with Gasteiger partial charge in [0.2, 0.25) is 0 Å². The first-order valence-electron chi connectivity index (χ1n) is 10.6. The molecule has 1 fully saturated rings. The summed E-state index contributed by atoms with van der Waals surface area (Å²) >= 11 is 0. The molecule has 3 aromatic rings. The summed E-state index contributed by atoms with van der Waals surface area (Å²) in [5.74, 6) is 0.399. The fourth-order valence-electron chi connectivity index (χ4n) is 3.64. The molecule has 1 aromatic carbocycles. The maximum atomic E-state index is 12.6. The molecule has 7 nitrogen and oxygen atoms in total. The Morgan fingerprint density at radius 3 is 2.78 bits per heavy atom. The average Bonchev–Trinajstić information content (AvgIpc) is 3.43. The molecule has 0 saturated carbocycles. The third kappa shape index (κ3) is 5.68. The molecule has 1 saturated heterocycles. The van der Waals surface area contributed by atoms with E-state index in [2.05, 4.69) is 33.3 Å². The number of hydrogen-bond acceptors (Lipinski definition) is 5. The second kappa shape index (κ2) is 9.74. The molecule has 32 heavy (non-hydrogen) atoms. The molecule has 4 rings (SSSR count). The van der Waals surface area contributed by atoms with E-state index in [1.54, 1.807) is 0 Å². The molecule has 1 aliphatic rings. The zero-order valence-electron chi connectivity index (χ0n) is 17.8.